The summed E-state index contributed by atoms with van der Waals surface area (Å²) in [5.74, 6) is -0.767. The molecule has 2 heterocycles. The molecule has 2 N–H and O–H groups in total. The van der Waals surface area contributed by atoms with Crippen LogP contribution in [0.5, 0.6) is 5.88 Å². The minimum atomic E-state index is -0.846. The van der Waals surface area contributed by atoms with Gasteiger partial charge in [0.2, 0.25) is 5.88 Å². The van der Waals surface area contributed by atoms with E-state index in [0.717, 1.165) is 12.0 Å². The molecule has 2 rings (SSSR count). The molecule has 2 amide bonds. The summed E-state index contributed by atoms with van der Waals surface area (Å²) in [6.07, 6.45) is 3.13. The van der Waals surface area contributed by atoms with Crippen molar-refractivity contribution in [2.45, 2.75) is 39.3 Å². The Bertz CT molecular complexity index is 564. The Morgan fingerprint density at radius 1 is 1.57 bits per heavy atom. The summed E-state index contributed by atoms with van der Waals surface area (Å²) in [7, 11) is 0. The highest BCUT2D eigenvalue weighted by atomic mass is 16.5. The van der Waals surface area contributed by atoms with Gasteiger partial charge in [0.05, 0.1) is 12.0 Å². The quantitative estimate of drug-likeness (QED) is 0.834. The normalized spacial score (nSPS) is 18.5. The Morgan fingerprint density at radius 3 is 3.00 bits per heavy atom. The maximum absolute atomic E-state index is 12.1. The molecular weight excluding hydrogens is 298 g/mol. The SMILES string of the molecule is CCC(C)Oc1cc(CNC(=O)N2CCC(C(=O)O)C2)ccn1. The second-order valence-corrected chi connectivity index (χ2v) is 5.77. The van der Waals surface area contributed by atoms with Crippen molar-refractivity contribution in [1.29, 1.82) is 0 Å². The van der Waals surface area contributed by atoms with Crippen molar-refractivity contribution in [3.05, 3.63) is 23.9 Å². The van der Waals surface area contributed by atoms with Crippen LogP contribution in [0.2, 0.25) is 0 Å². The largest absolute Gasteiger partial charge is 0.481 e. The summed E-state index contributed by atoms with van der Waals surface area (Å²) in [5, 5.41) is 11.8. The van der Waals surface area contributed by atoms with Crippen LogP contribution in [0.4, 0.5) is 4.79 Å². The van der Waals surface area contributed by atoms with Crippen LogP contribution in [0.3, 0.4) is 0 Å². The minimum Gasteiger partial charge on any atom is -0.481 e. The first-order valence-corrected chi connectivity index (χ1v) is 7.86. The average Bonchev–Trinajstić information content (AvgIpc) is 3.03. The molecule has 126 valence electrons. The molecule has 0 aliphatic carbocycles. The highest BCUT2D eigenvalue weighted by Crippen LogP contribution is 2.16. The van der Waals surface area contributed by atoms with Gasteiger partial charge in [-0.1, -0.05) is 6.92 Å². The Balaban J connectivity index is 1.85. The van der Waals surface area contributed by atoms with Crippen molar-refractivity contribution >= 4 is 12.0 Å². The smallest absolute Gasteiger partial charge is 0.317 e. The van der Waals surface area contributed by atoms with Crippen LogP contribution in [-0.2, 0) is 11.3 Å². The standard InChI is InChI=1S/C16H23N3O4/c1-3-11(2)23-14-8-12(4-6-17-14)9-18-16(22)19-7-5-13(10-19)15(20)21/h4,6,8,11,13H,3,5,7,9-10H2,1-2H3,(H,18,22)(H,20,21). The van der Waals surface area contributed by atoms with Crippen LogP contribution in [-0.4, -0.2) is 46.2 Å². The lowest BCUT2D eigenvalue weighted by atomic mass is 10.1. The molecule has 1 aromatic heterocycles. The number of aliphatic carboxylic acids is 1. The van der Waals surface area contributed by atoms with Crippen molar-refractivity contribution < 1.29 is 19.4 Å². The molecule has 1 aromatic rings. The van der Waals surface area contributed by atoms with E-state index in [2.05, 4.69) is 10.3 Å². The number of hydrogen-bond acceptors (Lipinski definition) is 4. The van der Waals surface area contributed by atoms with Crippen LogP contribution in [0, 0.1) is 5.92 Å². The van der Waals surface area contributed by atoms with Crippen LogP contribution >= 0.6 is 0 Å². The number of aromatic nitrogens is 1. The predicted octanol–water partition coefficient (Wildman–Crippen LogP) is 1.88. The number of urea groups is 1. The lowest BCUT2D eigenvalue weighted by Gasteiger charge is -2.17. The van der Waals surface area contributed by atoms with Gasteiger partial charge in [-0.05, 0) is 31.4 Å². The third kappa shape index (κ3) is 4.84. The lowest BCUT2D eigenvalue weighted by Crippen LogP contribution is -2.38. The van der Waals surface area contributed by atoms with E-state index < -0.39 is 11.9 Å². The van der Waals surface area contributed by atoms with E-state index >= 15 is 0 Å². The fourth-order valence-corrected chi connectivity index (χ4v) is 2.35. The molecule has 0 aromatic carbocycles. The number of amides is 2. The summed E-state index contributed by atoms with van der Waals surface area (Å²) in [4.78, 5) is 28.7. The lowest BCUT2D eigenvalue weighted by molar-refractivity contribution is -0.141. The van der Waals surface area contributed by atoms with Crippen molar-refractivity contribution in [2.24, 2.45) is 5.92 Å². The van der Waals surface area contributed by atoms with Gasteiger partial charge in [0.25, 0.3) is 0 Å². The molecule has 1 aliphatic heterocycles. The number of likely N-dealkylation sites (tertiary alicyclic amines) is 1. The van der Waals surface area contributed by atoms with E-state index in [1.165, 1.54) is 4.90 Å². The third-order valence-corrected chi connectivity index (χ3v) is 3.96. The Kier molecular flexibility index (Phi) is 5.78. The number of pyridine rings is 1. The summed E-state index contributed by atoms with van der Waals surface area (Å²) in [6.45, 7) is 5.10. The third-order valence-electron chi connectivity index (χ3n) is 3.96. The highest BCUT2D eigenvalue weighted by molar-refractivity contribution is 5.77. The second kappa shape index (κ2) is 7.80. The first-order valence-electron chi connectivity index (χ1n) is 7.86. The number of rotatable bonds is 6. The van der Waals surface area contributed by atoms with E-state index in [-0.39, 0.29) is 18.7 Å². The molecule has 1 saturated heterocycles. The van der Waals surface area contributed by atoms with Crippen LogP contribution in [0.25, 0.3) is 0 Å². The molecule has 23 heavy (non-hydrogen) atoms. The monoisotopic (exact) mass is 321 g/mol. The van der Waals surface area contributed by atoms with Crippen LogP contribution < -0.4 is 10.1 Å². The van der Waals surface area contributed by atoms with Gasteiger partial charge in [-0.2, -0.15) is 0 Å². The number of hydrogen-bond donors (Lipinski definition) is 2. The molecule has 2 unspecified atom stereocenters. The highest BCUT2D eigenvalue weighted by Gasteiger charge is 2.30. The zero-order valence-corrected chi connectivity index (χ0v) is 13.5. The fraction of sp³-hybridized carbons (Fsp3) is 0.562. The Labute approximate surface area is 135 Å². The van der Waals surface area contributed by atoms with Gasteiger partial charge < -0.3 is 20.1 Å². The summed E-state index contributed by atoms with van der Waals surface area (Å²) < 4.78 is 5.65. The molecule has 0 spiro atoms. The van der Waals surface area contributed by atoms with Crippen molar-refractivity contribution in [3.8, 4) is 5.88 Å². The number of carbonyl (C=O) groups is 2. The first kappa shape index (κ1) is 17.1. The van der Waals surface area contributed by atoms with E-state index in [1.807, 2.05) is 19.9 Å². The van der Waals surface area contributed by atoms with E-state index in [4.69, 9.17) is 9.84 Å². The van der Waals surface area contributed by atoms with E-state index in [9.17, 15) is 9.59 Å². The summed E-state index contributed by atoms with van der Waals surface area (Å²) in [5.41, 5.74) is 0.889. The van der Waals surface area contributed by atoms with Crippen LogP contribution in [0.15, 0.2) is 18.3 Å². The van der Waals surface area contributed by atoms with E-state index in [1.54, 1.807) is 12.3 Å². The van der Waals surface area contributed by atoms with Gasteiger partial charge in [0.15, 0.2) is 0 Å². The number of nitrogens with one attached hydrogen (secondary N) is 1. The number of carbonyl (C=O) groups excluding carboxylic acids is 1. The average molecular weight is 321 g/mol. The molecule has 7 heteroatoms. The van der Waals surface area contributed by atoms with Crippen molar-refractivity contribution in [3.63, 3.8) is 0 Å². The number of carboxylic acids is 1. The number of ether oxygens (including phenoxy) is 1. The minimum absolute atomic E-state index is 0.0879. The molecule has 0 saturated carbocycles. The Morgan fingerprint density at radius 2 is 2.35 bits per heavy atom. The summed E-state index contributed by atoms with van der Waals surface area (Å²) >= 11 is 0. The van der Waals surface area contributed by atoms with Crippen LogP contribution in [0.1, 0.15) is 32.3 Å². The summed E-state index contributed by atoms with van der Waals surface area (Å²) in [6, 6.07) is 3.37. The van der Waals surface area contributed by atoms with Gasteiger partial charge >= 0.3 is 12.0 Å². The second-order valence-electron chi connectivity index (χ2n) is 5.77. The predicted molar refractivity (Wildman–Crippen MR) is 84.2 cm³/mol. The molecule has 7 nitrogen and oxygen atoms in total. The van der Waals surface area contributed by atoms with Gasteiger partial charge in [-0.3, -0.25) is 4.79 Å². The Hall–Kier alpha value is -2.31. The maximum atomic E-state index is 12.1. The zero-order chi connectivity index (χ0) is 16.8. The zero-order valence-electron chi connectivity index (χ0n) is 13.5. The van der Waals surface area contributed by atoms with Crippen molar-refractivity contribution in [1.82, 2.24) is 15.2 Å². The maximum Gasteiger partial charge on any atom is 0.317 e. The molecular formula is C16H23N3O4. The van der Waals surface area contributed by atoms with Gasteiger partial charge in [0, 0.05) is 31.9 Å². The molecule has 0 bridgehead atoms. The van der Waals surface area contributed by atoms with Gasteiger partial charge in [-0.25, -0.2) is 9.78 Å². The van der Waals surface area contributed by atoms with Gasteiger partial charge in [-0.15, -0.1) is 0 Å². The van der Waals surface area contributed by atoms with E-state index in [0.29, 0.717) is 25.4 Å². The molecule has 1 aliphatic rings. The van der Waals surface area contributed by atoms with Crippen molar-refractivity contribution in [2.75, 3.05) is 13.1 Å². The molecule has 2 atom stereocenters. The first-order chi connectivity index (χ1) is 11.0. The fourth-order valence-electron chi connectivity index (χ4n) is 2.35. The molecule has 0 radical (unpaired) electrons. The molecule has 1 fully saturated rings. The number of nitrogens with zero attached hydrogens (tertiary/aromatic N) is 2. The topological polar surface area (TPSA) is 91.8 Å². The number of carboxylic acid groups (broad SMARTS) is 1. The van der Waals surface area contributed by atoms with Gasteiger partial charge in [0.1, 0.15) is 0 Å².